The van der Waals surface area contributed by atoms with Gasteiger partial charge in [0.25, 0.3) is 0 Å². The van der Waals surface area contributed by atoms with Crippen LogP contribution in [0.15, 0.2) is 42.5 Å². The highest BCUT2D eigenvalue weighted by Crippen LogP contribution is 2.49. The van der Waals surface area contributed by atoms with Gasteiger partial charge < -0.3 is 24.8 Å². The van der Waals surface area contributed by atoms with Crippen LogP contribution in [0.1, 0.15) is 22.8 Å². The fourth-order valence-corrected chi connectivity index (χ4v) is 4.53. The van der Waals surface area contributed by atoms with Crippen molar-refractivity contribution in [3.8, 4) is 17.2 Å². The predicted octanol–water partition coefficient (Wildman–Crippen LogP) is 4.39. The number of carbonyl (C=O) groups is 1. The first-order valence-corrected chi connectivity index (χ1v) is 9.87. The van der Waals surface area contributed by atoms with Crippen molar-refractivity contribution in [3.05, 3.63) is 52.9 Å². The van der Waals surface area contributed by atoms with E-state index in [2.05, 4.69) is 15.6 Å². The molecule has 0 saturated carbocycles. The second-order valence-corrected chi connectivity index (χ2v) is 7.48. The monoisotopic (exact) mass is 411 g/mol. The second-order valence-electron chi connectivity index (χ2n) is 6.45. The van der Waals surface area contributed by atoms with E-state index >= 15 is 0 Å². The van der Waals surface area contributed by atoms with Gasteiger partial charge in [-0.05, 0) is 18.2 Å². The van der Waals surface area contributed by atoms with E-state index in [4.69, 9.17) is 14.2 Å². The fourth-order valence-electron chi connectivity index (χ4n) is 3.47. The summed E-state index contributed by atoms with van der Waals surface area (Å²) in [6.45, 7) is 0. The molecule has 7 nitrogen and oxygen atoms in total. The highest BCUT2D eigenvalue weighted by molar-refractivity contribution is 7.16. The molecule has 0 radical (unpaired) electrons. The van der Waals surface area contributed by atoms with Crippen molar-refractivity contribution in [2.45, 2.75) is 12.3 Å². The Kier molecular flexibility index (Phi) is 5.26. The molecule has 8 heteroatoms. The lowest BCUT2D eigenvalue weighted by atomic mass is 9.90. The third-order valence-electron chi connectivity index (χ3n) is 4.75. The molecular weight excluding hydrogens is 390 g/mol. The van der Waals surface area contributed by atoms with E-state index in [0.717, 1.165) is 16.1 Å². The minimum absolute atomic E-state index is 0.0871. The van der Waals surface area contributed by atoms with E-state index in [1.54, 1.807) is 21.3 Å². The van der Waals surface area contributed by atoms with E-state index in [1.807, 2.05) is 42.5 Å². The van der Waals surface area contributed by atoms with Gasteiger partial charge in [-0.15, -0.1) is 0 Å². The van der Waals surface area contributed by atoms with E-state index in [-0.39, 0.29) is 11.8 Å². The summed E-state index contributed by atoms with van der Waals surface area (Å²) in [7, 11) is 4.73. The number of amides is 1. The molecule has 2 heterocycles. The smallest absolute Gasteiger partial charge is 0.226 e. The third-order valence-corrected chi connectivity index (χ3v) is 5.84. The number of methoxy groups -OCH3 is 3. The number of nitrogens with zero attached hydrogens (tertiary/aromatic N) is 1. The molecule has 1 amide bonds. The molecule has 1 aliphatic rings. The van der Waals surface area contributed by atoms with Gasteiger partial charge in [-0.2, -0.15) is 0 Å². The standard InChI is InChI=1S/C21H21N3O4S/c1-26-15-10-9-13(17(27-2)18(15)28-3)14-11-16(25)23-20-19(14)29-21(24-20)22-12-7-5-4-6-8-12/h4-10,14H,11H2,1-3H3,(H,22,24)(H,23,25)/t14-/m1/s1. The first-order chi connectivity index (χ1) is 14.1. The quantitative estimate of drug-likeness (QED) is 0.626. The highest BCUT2D eigenvalue weighted by Gasteiger charge is 2.33. The van der Waals surface area contributed by atoms with Crippen molar-refractivity contribution in [2.75, 3.05) is 32.0 Å². The van der Waals surface area contributed by atoms with Gasteiger partial charge in [-0.1, -0.05) is 35.6 Å². The number of benzene rings is 2. The molecule has 3 aromatic rings. The summed E-state index contributed by atoms with van der Waals surface area (Å²) in [6, 6.07) is 13.5. The SMILES string of the molecule is COc1ccc([C@H]2CC(=O)Nc3nc(Nc4ccccc4)sc32)c(OC)c1OC. The van der Waals surface area contributed by atoms with Crippen LogP contribution in [0.2, 0.25) is 0 Å². The Morgan fingerprint density at radius 2 is 1.79 bits per heavy atom. The minimum atomic E-state index is -0.197. The topological polar surface area (TPSA) is 81.7 Å². The van der Waals surface area contributed by atoms with Gasteiger partial charge in [-0.3, -0.25) is 4.79 Å². The fraction of sp³-hybridized carbons (Fsp3) is 0.238. The van der Waals surface area contributed by atoms with Crippen molar-refractivity contribution in [2.24, 2.45) is 0 Å². The number of thiazole rings is 1. The summed E-state index contributed by atoms with van der Waals surface area (Å²) in [6.07, 6.45) is 0.297. The van der Waals surface area contributed by atoms with E-state index in [1.165, 1.54) is 11.3 Å². The maximum Gasteiger partial charge on any atom is 0.226 e. The molecule has 1 atom stereocenters. The molecular formula is C21H21N3O4S. The third kappa shape index (κ3) is 3.58. The Balaban J connectivity index is 1.76. The predicted molar refractivity (Wildman–Crippen MR) is 113 cm³/mol. The summed E-state index contributed by atoms with van der Waals surface area (Å²) < 4.78 is 16.5. The number of para-hydroxylation sites is 1. The Morgan fingerprint density at radius 1 is 1.03 bits per heavy atom. The minimum Gasteiger partial charge on any atom is -0.493 e. The molecule has 1 aliphatic heterocycles. The number of rotatable bonds is 6. The molecule has 2 N–H and O–H groups in total. The van der Waals surface area contributed by atoms with E-state index < -0.39 is 0 Å². The number of hydrogen-bond acceptors (Lipinski definition) is 7. The van der Waals surface area contributed by atoms with E-state index in [0.29, 0.717) is 34.6 Å². The molecule has 0 bridgehead atoms. The van der Waals surface area contributed by atoms with Crippen molar-refractivity contribution in [1.82, 2.24) is 4.98 Å². The summed E-state index contributed by atoms with van der Waals surface area (Å²) in [5.74, 6) is 1.93. The van der Waals surface area contributed by atoms with Gasteiger partial charge in [0.15, 0.2) is 16.6 Å². The number of nitrogens with one attached hydrogen (secondary N) is 2. The number of hydrogen-bond donors (Lipinski definition) is 2. The molecule has 1 aromatic heterocycles. The lowest BCUT2D eigenvalue weighted by Crippen LogP contribution is -2.23. The maximum absolute atomic E-state index is 12.4. The van der Waals surface area contributed by atoms with Crippen molar-refractivity contribution in [3.63, 3.8) is 0 Å². The van der Waals surface area contributed by atoms with Crippen LogP contribution < -0.4 is 24.8 Å². The Labute approximate surface area is 172 Å². The molecule has 2 aromatic carbocycles. The summed E-state index contributed by atoms with van der Waals surface area (Å²) in [5, 5.41) is 6.89. The van der Waals surface area contributed by atoms with Gasteiger partial charge in [0.05, 0.1) is 26.2 Å². The van der Waals surface area contributed by atoms with Crippen molar-refractivity contribution in [1.29, 1.82) is 0 Å². The van der Waals surface area contributed by atoms with Gasteiger partial charge in [-0.25, -0.2) is 4.98 Å². The number of carbonyl (C=O) groups excluding carboxylic acids is 1. The Hall–Kier alpha value is -3.26. The number of aromatic nitrogens is 1. The van der Waals surface area contributed by atoms with Gasteiger partial charge in [0.1, 0.15) is 5.82 Å². The van der Waals surface area contributed by atoms with Crippen LogP contribution in [-0.4, -0.2) is 32.2 Å². The van der Waals surface area contributed by atoms with Crippen LogP contribution in [0.4, 0.5) is 16.6 Å². The molecule has 0 spiro atoms. The molecule has 0 saturated heterocycles. The van der Waals surface area contributed by atoms with Crippen molar-refractivity contribution >= 4 is 33.9 Å². The number of ether oxygens (including phenoxy) is 3. The lowest BCUT2D eigenvalue weighted by Gasteiger charge is -2.24. The zero-order chi connectivity index (χ0) is 20.4. The summed E-state index contributed by atoms with van der Waals surface area (Å²) in [5.41, 5.74) is 1.79. The van der Waals surface area contributed by atoms with Crippen LogP contribution >= 0.6 is 11.3 Å². The Bertz CT molecular complexity index is 1040. The number of fused-ring (bicyclic) bond motifs is 1. The van der Waals surface area contributed by atoms with Crippen LogP contribution in [0.3, 0.4) is 0 Å². The highest BCUT2D eigenvalue weighted by atomic mass is 32.1. The molecule has 0 aliphatic carbocycles. The van der Waals surface area contributed by atoms with Crippen LogP contribution in [0.25, 0.3) is 0 Å². The van der Waals surface area contributed by atoms with Gasteiger partial charge in [0, 0.05) is 23.6 Å². The zero-order valence-corrected chi connectivity index (χ0v) is 17.1. The largest absolute Gasteiger partial charge is 0.493 e. The molecule has 29 heavy (non-hydrogen) atoms. The second kappa shape index (κ2) is 8.00. The summed E-state index contributed by atoms with van der Waals surface area (Å²) >= 11 is 1.51. The lowest BCUT2D eigenvalue weighted by molar-refractivity contribution is -0.116. The molecule has 150 valence electrons. The van der Waals surface area contributed by atoms with Crippen molar-refractivity contribution < 1.29 is 19.0 Å². The Morgan fingerprint density at radius 3 is 2.48 bits per heavy atom. The van der Waals surface area contributed by atoms with E-state index in [9.17, 15) is 4.79 Å². The average molecular weight is 411 g/mol. The maximum atomic E-state index is 12.4. The first-order valence-electron chi connectivity index (χ1n) is 9.06. The van der Waals surface area contributed by atoms with Gasteiger partial charge in [0.2, 0.25) is 11.7 Å². The van der Waals surface area contributed by atoms with Gasteiger partial charge >= 0.3 is 0 Å². The van der Waals surface area contributed by atoms with Crippen LogP contribution in [-0.2, 0) is 4.79 Å². The first kappa shape index (κ1) is 19.1. The molecule has 0 fully saturated rings. The normalized spacial score (nSPS) is 15.3. The molecule has 4 rings (SSSR count). The zero-order valence-electron chi connectivity index (χ0n) is 16.3. The molecule has 0 unspecified atom stereocenters. The van der Waals surface area contributed by atoms with Crippen LogP contribution in [0.5, 0.6) is 17.2 Å². The van der Waals surface area contributed by atoms with Crippen LogP contribution in [0, 0.1) is 0 Å². The summed E-state index contributed by atoms with van der Waals surface area (Å²) in [4.78, 5) is 17.9. The average Bonchev–Trinajstić information content (AvgIpc) is 3.14. The number of anilines is 3.